The second kappa shape index (κ2) is 7.57. The highest BCUT2D eigenvalue weighted by molar-refractivity contribution is 6.09. The Bertz CT molecular complexity index is 1070. The van der Waals surface area contributed by atoms with E-state index in [9.17, 15) is 4.79 Å². The van der Waals surface area contributed by atoms with Gasteiger partial charge in [0.15, 0.2) is 5.78 Å². The first kappa shape index (κ1) is 17.8. The summed E-state index contributed by atoms with van der Waals surface area (Å²) >= 11 is 0. The lowest BCUT2D eigenvalue weighted by Crippen LogP contribution is -2.03. The van der Waals surface area contributed by atoms with Crippen LogP contribution in [-0.4, -0.2) is 15.8 Å². The first-order valence-electron chi connectivity index (χ1n) is 9.22. The fourth-order valence-corrected chi connectivity index (χ4v) is 3.33. The summed E-state index contributed by atoms with van der Waals surface area (Å²) < 4.78 is 0. The maximum atomic E-state index is 13.1. The quantitative estimate of drug-likeness (QED) is 0.439. The van der Waals surface area contributed by atoms with Gasteiger partial charge in [-0.25, -0.2) is 0 Å². The van der Waals surface area contributed by atoms with Crippen molar-refractivity contribution in [1.29, 1.82) is 0 Å². The van der Waals surface area contributed by atoms with Crippen LogP contribution >= 0.6 is 0 Å². The molecule has 0 fully saturated rings. The zero-order chi connectivity index (χ0) is 19.5. The molecular formula is C25H20N2O. The summed E-state index contributed by atoms with van der Waals surface area (Å²) in [4.78, 5) is 22.0. The fourth-order valence-electron chi connectivity index (χ4n) is 3.33. The van der Waals surface area contributed by atoms with Gasteiger partial charge in [-0.2, -0.15) is 0 Å². The number of benzene rings is 2. The van der Waals surface area contributed by atoms with Gasteiger partial charge in [-0.3, -0.25) is 14.8 Å². The first-order valence-corrected chi connectivity index (χ1v) is 9.22. The highest BCUT2D eigenvalue weighted by Crippen LogP contribution is 2.25. The standard InChI is InChI=1S/C25H20N2O/c1-17-7-3-5-9-21(17)23-15-19(11-13-26-23)25(28)20-12-14-27-24(16-20)22-10-6-4-8-18(22)2/h3-16H,1-2H3. The van der Waals surface area contributed by atoms with Gasteiger partial charge in [0.2, 0.25) is 0 Å². The third-order valence-corrected chi connectivity index (χ3v) is 4.89. The molecule has 2 aromatic carbocycles. The van der Waals surface area contributed by atoms with Gasteiger partial charge in [-0.05, 0) is 49.2 Å². The number of nitrogens with zero attached hydrogens (tertiary/aromatic N) is 2. The molecule has 0 spiro atoms. The maximum Gasteiger partial charge on any atom is 0.193 e. The van der Waals surface area contributed by atoms with Crippen molar-refractivity contribution in [3.63, 3.8) is 0 Å². The van der Waals surface area contributed by atoms with Crippen LogP contribution in [0.5, 0.6) is 0 Å². The van der Waals surface area contributed by atoms with Gasteiger partial charge in [0, 0.05) is 34.6 Å². The van der Waals surface area contributed by atoms with E-state index in [1.54, 1.807) is 24.5 Å². The average Bonchev–Trinajstić information content (AvgIpc) is 2.74. The van der Waals surface area contributed by atoms with Crippen LogP contribution in [0.25, 0.3) is 22.5 Å². The van der Waals surface area contributed by atoms with Crippen LogP contribution in [0.2, 0.25) is 0 Å². The van der Waals surface area contributed by atoms with Gasteiger partial charge in [-0.15, -0.1) is 0 Å². The minimum atomic E-state index is -0.0329. The molecule has 0 N–H and O–H groups in total. The Morgan fingerprint density at radius 2 is 1.07 bits per heavy atom. The maximum absolute atomic E-state index is 13.1. The number of aromatic nitrogens is 2. The van der Waals surface area contributed by atoms with E-state index in [1.165, 1.54) is 0 Å². The number of hydrogen-bond acceptors (Lipinski definition) is 3. The van der Waals surface area contributed by atoms with Gasteiger partial charge in [-0.1, -0.05) is 48.5 Å². The van der Waals surface area contributed by atoms with Crippen molar-refractivity contribution in [2.45, 2.75) is 13.8 Å². The Labute approximate surface area is 164 Å². The molecule has 4 aromatic rings. The molecule has 2 heterocycles. The van der Waals surface area contributed by atoms with Crippen molar-refractivity contribution in [2.24, 2.45) is 0 Å². The molecule has 2 aromatic heterocycles. The first-order chi connectivity index (χ1) is 13.6. The van der Waals surface area contributed by atoms with E-state index in [2.05, 4.69) is 9.97 Å². The van der Waals surface area contributed by atoms with Crippen LogP contribution in [-0.2, 0) is 0 Å². The van der Waals surface area contributed by atoms with E-state index < -0.39 is 0 Å². The topological polar surface area (TPSA) is 42.9 Å². The molecule has 3 nitrogen and oxygen atoms in total. The Kier molecular flexibility index (Phi) is 4.81. The second-order valence-corrected chi connectivity index (χ2v) is 6.82. The molecule has 0 atom stereocenters. The zero-order valence-electron chi connectivity index (χ0n) is 15.9. The van der Waals surface area contributed by atoms with Crippen LogP contribution < -0.4 is 0 Å². The number of carbonyl (C=O) groups is 1. The van der Waals surface area contributed by atoms with Crippen molar-refractivity contribution in [3.8, 4) is 22.5 Å². The molecule has 3 heteroatoms. The zero-order valence-corrected chi connectivity index (χ0v) is 15.9. The SMILES string of the molecule is Cc1ccccc1-c1cc(C(=O)c2ccnc(-c3ccccc3C)c2)ccn1. The van der Waals surface area contributed by atoms with E-state index in [0.717, 1.165) is 33.6 Å². The van der Waals surface area contributed by atoms with Crippen molar-refractivity contribution in [2.75, 3.05) is 0 Å². The number of aryl methyl sites for hydroxylation is 2. The van der Waals surface area contributed by atoms with Gasteiger partial charge < -0.3 is 0 Å². The molecule has 0 saturated heterocycles. The summed E-state index contributed by atoms with van der Waals surface area (Å²) in [5, 5.41) is 0. The smallest absolute Gasteiger partial charge is 0.193 e. The van der Waals surface area contributed by atoms with Crippen LogP contribution in [0.1, 0.15) is 27.0 Å². The predicted octanol–water partition coefficient (Wildman–Crippen LogP) is 5.66. The summed E-state index contributed by atoms with van der Waals surface area (Å²) in [6.45, 7) is 4.09. The lowest BCUT2D eigenvalue weighted by atomic mass is 9.98. The van der Waals surface area contributed by atoms with Gasteiger partial charge in [0.1, 0.15) is 0 Å². The van der Waals surface area contributed by atoms with Crippen LogP contribution in [0, 0.1) is 13.8 Å². The minimum absolute atomic E-state index is 0.0329. The van der Waals surface area contributed by atoms with Gasteiger partial charge in [0.05, 0.1) is 11.4 Å². The molecule has 28 heavy (non-hydrogen) atoms. The molecule has 0 aliphatic heterocycles. The van der Waals surface area contributed by atoms with Crippen LogP contribution in [0.15, 0.2) is 85.2 Å². The molecule has 136 valence electrons. The average molecular weight is 364 g/mol. The summed E-state index contributed by atoms with van der Waals surface area (Å²) in [5.41, 5.74) is 7.18. The number of ketones is 1. The molecule has 0 unspecified atom stereocenters. The van der Waals surface area contributed by atoms with E-state index in [1.807, 2.05) is 74.5 Å². The Morgan fingerprint density at radius 1 is 0.643 bits per heavy atom. The van der Waals surface area contributed by atoms with Crippen molar-refractivity contribution in [3.05, 3.63) is 107 Å². The molecule has 0 amide bonds. The number of carbonyl (C=O) groups excluding carboxylic acids is 1. The van der Waals surface area contributed by atoms with Gasteiger partial charge in [0.25, 0.3) is 0 Å². The van der Waals surface area contributed by atoms with E-state index in [-0.39, 0.29) is 5.78 Å². The number of hydrogen-bond donors (Lipinski definition) is 0. The summed E-state index contributed by atoms with van der Waals surface area (Å²) in [6.07, 6.45) is 3.39. The molecular weight excluding hydrogens is 344 g/mol. The largest absolute Gasteiger partial charge is 0.289 e. The highest BCUT2D eigenvalue weighted by atomic mass is 16.1. The van der Waals surface area contributed by atoms with Gasteiger partial charge >= 0.3 is 0 Å². The van der Waals surface area contributed by atoms with Crippen molar-refractivity contribution >= 4 is 5.78 Å². The molecule has 0 aliphatic carbocycles. The Hall–Kier alpha value is -3.59. The highest BCUT2D eigenvalue weighted by Gasteiger charge is 2.13. The van der Waals surface area contributed by atoms with Crippen molar-refractivity contribution in [1.82, 2.24) is 9.97 Å². The molecule has 0 radical (unpaired) electrons. The van der Waals surface area contributed by atoms with Crippen LogP contribution in [0.4, 0.5) is 0 Å². The monoisotopic (exact) mass is 364 g/mol. The number of rotatable bonds is 4. The fraction of sp³-hybridized carbons (Fsp3) is 0.0800. The van der Waals surface area contributed by atoms with E-state index in [4.69, 9.17) is 0 Å². The summed E-state index contributed by atoms with van der Waals surface area (Å²) in [5.74, 6) is -0.0329. The third-order valence-electron chi connectivity index (χ3n) is 4.89. The minimum Gasteiger partial charge on any atom is -0.289 e. The second-order valence-electron chi connectivity index (χ2n) is 6.82. The third kappa shape index (κ3) is 3.47. The normalized spacial score (nSPS) is 10.6. The summed E-state index contributed by atoms with van der Waals surface area (Å²) in [7, 11) is 0. The Morgan fingerprint density at radius 3 is 1.50 bits per heavy atom. The van der Waals surface area contributed by atoms with Crippen LogP contribution in [0.3, 0.4) is 0 Å². The molecule has 0 bridgehead atoms. The Balaban J connectivity index is 1.71. The molecule has 0 aliphatic rings. The lowest BCUT2D eigenvalue weighted by Gasteiger charge is -2.09. The van der Waals surface area contributed by atoms with E-state index >= 15 is 0 Å². The predicted molar refractivity (Wildman–Crippen MR) is 112 cm³/mol. The van der Waals surface area contributed by atoms with E-state index in [0.29, 0.717) is 11.1 Å². The lowest BCUT2D eigenvalue weighted by molar-refractivity contribution is 0.103. The molecule has 0 saturated carbocycles. The van der Waals surface area contributed by atoms with Crippen molar-refractivity contribution < 1.29 is 4.79 Å². The number of pyridine rings is 2. The summed E-state index contributed by atoms with van der Waals surface area (Å²) in [6, 6.07) is 23.3. The molecule has 4 rings (SSSR count).